The van der Waals surface area contributed by atoms with Crippen LogP contribution in [0.15, 0.2) is 36.7 Å². The molecule has 0 saturated heterocycles. The molecule has 0 aliphatic carbocycles. The van der Waals surface area contributed by atoms with Crippen molar-refractivity contribution < 1.29 is 9.53 Å². The van der Waals surface area contributed by atoms with Crippen LogP contribution in [-0.2, 0) is 18.4 Å². The number of fused-ring (bicyclic) bond motifs is 3. The third-order valence-electron chi connectivity index (χ3n) is 4.60. The maximum Gasteiger partial charge on any atom is 0.407 e. The van der Waals surface area contributed by atoms with Crippen LogP contribution in [0.3, 0.4) is 0 Å². The van der Waals surface area contributed by atoms with Crippen LogP contribution >= 0.6 is 0 Å². The second kappa shape index (κ2) is 7.22. The van der Waals surface area contributed by atoms with E-state index < -0.39 is 6.09 Å². The summed E-state index contributed by atoms with van der Waals surface area (Å²) >= 11 is 0. The largest absolute Gasteiger partial charge is 0.445 e. The van der Waals surface area contributed by atoms with Crippen molar-refractivity contribution in [1.82, 2.24) is 24.8 Å². The molecule has 8 heteroatoms. The molecule has 144 valence electrons. The standard InChI is InChI=1S/C20H22N6O2/c1-4-22-20(27)28-10-12-6-5-7-13(8-12)15-9-14-17-16(23-11-26(17)3)19(21-2)25-18(14)24-15/h5-9,11H,4,10H2,1-3H3,(H,22,27)(H2,21,24,25). The third kappa shape index (κ3) is 3.13. The predicted molar refractivity (Wildman–Crippen MR) is 109 cm³/mol. The van der Waals surface area contributed by atoms with E-state index in [4.69, 9.17) is 4.74 Å². The number of ether oxygens (including phenoxy) is 1. The number of alkyl carbamates (subject to hydrolysis) is 1. The van der Waals surface area contributed by atoms with Crippen molar-refractivity contribution in [3.8, 4) is 11.3 Å². The fourth-order valence-electron chi connectivity index (χ4n) is 3.30. The first-order valence-electron chi connectivity index (χ1n) is 9.12. The fourth-order valence-corrected chi connectivity index (χ4v) is 3.30. The summed E-state index contributed by atoms with van der Waals surface area (Å²) in [6.07, 6.45) is 1.37. The zero-order chi connectivity index (χ0) is 19.7. The van der Waals surface area contributed by atoms with E-state index in [2.05, 4.69) is 31.7 Å². The maximum absolute atomic E-state index is 11.5. The number of carbonyl (C=O) groups excluding carboxylic acids is 1. The van der Waals surface area contributed by atoms with Gasteiger partial charge in [0.25, 0.3) is 0 Å². The highest BCUT2D eigenvalue weighted by molar-refractivity contribution is 6.07. The second-order valence-electron chi connectivity index (χ2n) is 6.52. The molecule has 3 N–H and O–H groups in total. The lowest BCUT2D eigenvalue weighted by atomic mass is 10.1. The van der Waals surface area contributed by atoms with Crippen LogP contribution in [0.25, 0.3) is 33.3 Å². The maximum atomic E-state index is 11.5. The number of aromatic nitrogens is 4. The number of carbonyl (C=O) groups is 1. The van der Waals surface area contributed by atoms with Crippen LogP contribution < -0.4 is 10.6 Å². The number of rotatable bonds is 5. The zero-order valence-electron chi connectivity index (χ0n) is 16.0. The minimum atomic E-state index is -0.416. The van der Waals surface area contributed by atoms with Gasteiger partial charge >= 0.3 is 6.09 Å². The molecule has 1 amide bonds. The molecule has 0 bridgehead atoms. The SMILES string of the molecule is CCNC(=O)OCc1cccc(-c2cc3c(nc(NC)c4ncn(C)c43)[nH]2)c1. The molecular weight excluding hydrogens is 356 g/mol. The number of hydrogen-bond acceptors (Lipinski definition) is 5. The summed E-state index contributed by atoms with van der Waals surface area (Å²) < 4.78 is 7.21. The van der Waals surface area contributed by atoms with Gasteiger partial charge in [-0.2, -0.15) is 0 Å². The molecule has 0 radical (unpaired) electrons. The van der Waals surface area contributed by atoms with Crippen molar-refractivity contribution in [2.75, 3.05) is 18.9 Å². The van der Waals surface area contributed by atoms with E-state index in [0.29, 0.717) is 6.54 Å². The molecule has 1 aromatic carbocycles. The van der Waals surface area contributed by atoms with Crippen LogP contribution in [0.5, 0.6) is 0 Å². The highest BCUT2D eigenvalue weighted by Gasteiger charge is 2.15. The Balaban J connectivity index is 1.72. The Morgan fingerprint density at radius 3 is 2.96 bits per heavy atom. The molecule has 28 heavy (non-hydrogen) atoms. The van der Waals surface area contributed by atoms with Crippen LogP contribution in [-0.4, -0.2) is 39.2 Å². The van der Waals surface area contributed by atoms with Crippen LogP contribution in [0, 0.1) is 0 Å². The summed E-state index contributed by atoms with van der Waals surface area (Å²) in [5, 5.41) is 6.74. The van der Waals surface area contributed by atoms with Crippen molar-refractivity contribution in [2.45, 2.75) is 13.5 Å². The smallest absolute Gasteiger partial charge is 0.407 e. The van der Waals surface area contributed by atoms with Gasteiger partial charge in [-0.15, -0.1) is 0 Å². The fraction of sp³-hybridized carbons (Fsp3) is 0.250. The summed E-state index contributed by atoms with van der Waals surface area (Å²) in [5.74, 6) is 0.737. The molecule has 0 fully saturated rings. The normalized spacial score (nSPS) is 11.1. The quantitative estimate of drug-likeness (QED) is 0.494. The van der Waals surface area contributed by atoms with E-state index in [0.717, 1.165) is 44.7 Å². The van der Waals surface area contributed by atoms with E-state index in [1.807, 2.05) is 49.9 Å². The number of aryl methyl sites for hydroxylation is 1. The van der Waals surface area contributed by atoms with Crippen molar-refractivity contribution in [3.63, 3.8) is 0 Å². The van der Waals surface area contributed by atoms with Crippen LogP contribution in [0.4, 0.5) is 10.6 Å². The Labute approximate surface area is 161 Å². The number of amides is 1. The Kier molecular flexibility index (Phi) is 4.60. The number of benzene rings is 1. The molecule has 0 atom stereocenters. The van der Waals surface area contributed by atoms with E-state index in [1.54, 1.807) is 6.33 Å². The molecule has 0 spiro atoms. The van der Waals surface area contributed by atoms with Crippen molar-refractivity contribution >= 4 is 34.0 Å². The van der Waals surface area contributed by atoms with Gasteiger partial charge in [0.15, 0.2) is 5.82 Å². The average Bonchev–Trinajstić information content (AvgIpc) is 3.30. The summed E-state index contributed by atoms with van der Waals surface area (Å²) in [5.41, 5.74) is 5.51. The molecule has 4 rings (SSSR count). The van der Waals surface area contributed by atoms with Gasteiger partial charge in [0, 0.05) is 31.7 Å². The number of nitrogens with one attached hydrogen (secondary N) is 3. The third-order valence-corrected chi connectivity index (χ3v) is 4.60. The molecule has 3 aromatic heterocycles. The Morgan fingerprint density at radius 2 is 2.18 bits per heavy atom. The lowest BCUT2D eigenvalue weighted by Gasteiger charge is -2.06. The van der Waals surface area contributed by atoms with Crippen molar-refractivity contribution in [2.24, 2.45) is 7.05 Å². The number of hydrogen-bond donors (Lipinski definition) is 3. The Morgan fingerprint density at radius 1 is 1.32 bits per heavy atom. The molecular formula is C20H22N6O2. The minimum absolute atomic E-state index is 0.216. The molecule has 4 aromatic rings. The van der Waals surface area contributed by atoms with Gasteiger partial charge in [-0.3, -0.25) is 0 Å². The van der Waals surface area contributed by atoms with Gasteiger partial charge in [0.05, 0.1) is 11.8 Å². The first kappa shape index (κ1) is 17.8. The van der Waals surface area contributed by atoms with Crippen LogP contribution in [0.2, 0.25) is 0 Å². The zero-order valence-corrected chi connectivity index (χ0v) is 16.0. The number of imidazole rings is 1. The van der Waals surface area contributed by atoms with Gasteiger partial charge in [-0.1, -0.05) is 18.2 Å². The van der Waals surface area contributed by atoms with Gasteiger partial charge < -0.3 is 24.9 Å². The summed E-state index contributed by atoms with van der Waals surface area (Å²) in [4.78, 5) is 24.0. The first-order valence-corrected chi connectivity index (χ1v) is 9.12. The van der Waals surface area contributed by atoms with E-state index in [9.17, 15) is 4.79 Å². The predicted octanol–water partition coefficient (Wildman–Crippen LogP) is 3.40. The van der Waals surface area contributed by atoms with Gasteiger partial charge in [0.2, 0.25) is 0 Å². The highest BCUT2D eigenvalue weighted by atomic mass is 16.5. The molecule has 3 heterocycles. The second-order valence-corrected chi connectivity index (χ2v) is 6.52. The minimum Gasteiger partial charge on any atom is -0.445 e. The number of aromatic amines is 1. The van der Waals surface area contributed by atoms with Gasteiger partial charge in [-0.05, 0) is 30.2 Å². The van der Waals surface area contributed by atoms with Crippen LogP contribution in [0.1, 0.15) is 12.5 Å². The summed E-state index contributed by atoms with van der Waals surface area (Å²) in [6.45, 7) is 2.61. The molecule has 0 aliphatic heterocycles. The molecule has 0 saturated carbocycles. The topological polar surface area (TPSA) is 96.9 Å². The monoisotopic (exact) mass is 378 g/mol. The molecule has 0 unspecified atom stereocenters. The van der Waals surface area contributed by atoms with Gasteiger partial charge in [-0.25, -0.2) is 14.8 Å². The van der Waals surface area contributed by atoms with Crippen molar-refractivity contribution in [3.05, 3.63) is 42.2 Å². The van der Waals surface area contributed by atoms with E-state index in [-0.39, 0.29) is 6.61 Å². The lowest BCUT2D eigenvalue weighted by molar-refractivity contribution is 0.140. The van der Waals surface area contributed by atoms with E-state index >= 15 is 0 Å². The average molecular weight is 378 g/mol. The number of nitrogens with zero attached hydrogens (tertiary/aromatic N) is 3. The number of anilines is 1. The Hall–Kier alpha value is -3.55. The summed E-state index contributed by atoms with van der Waals surface area (Å²) in [6, 6.07) is 9.98. The number of H-pyrrole nitrogens is 1. The van der Waals surface area contributed by atoms with E-state index in [1.165, 1.54) is 0 Å². The summed E-state index contributed by atoms with van der Waals surface area (Å²) in [7, 11) is 3.81. The Bertz CT molecular complexity index is 1160. The van der Waals surface area contributed by atoms with Crippen molar-refractivity contribution in [1.29, 1.82) is 0 Å². The van der Waals surface area contributed by atoms with Gasteiger partial charge in [0.1, 0.15) is 17.8 Å². The highest BCUT2D eigenvalue weighted by Crippen LogP contribution is 2.31. The molecule has 8 nitrogen and oxygen atoms in total. The molecule has 0 aliphatic rings. The lowest BCUT2D eigenvalue weighted by Crippen LogP contribution is -2.23. The first-order chi connectivity index (χ1) is 13.6. The number of pyridine rings is 1.